The first kappa shape index (κ1) is 19.4. The van der Waals surface area contributed by atoms with Crippen molar-refractivity contribution in [3.05, 3.63) is 47.2 Å². The van der Waals surface area contributed by atoms with Gasteiger partial charge in [-0.2, -0.15) is 0 Å². The first-order chi connectivity index (χ1) is 12.9. The van der Waals surface area contributed by atoms with Crippen molar-refractivity contribution in [3.63, 3.8) is 0 Å². The Morgan fingerprint density at radius 3 is 2.67 bits per heavy atom. The van der Waals surface area contributed by atoms with Crippen LogP contribution in [-0.4, -0.2) is 30.9 Å². The minimum Gasteiger partial charge on any atom is -0.483 e. The van der Waals surface area contributed by atoms with Crippen molar-refractivity contribution in [3.8, 4) is 5.75 Å². The lowest BCUT2D eigenvalue weighted by atomic mass is 10.3. The lowest BCUT2D eigenvalue weighted by Gasteiger charge is -2.14. The molecule has 3 rings (SSSR count). The van der Waals surface area contributed by atoms with Crippen LogP contribution in [0.5, 0.6) is 5.75 Å². The van der Waals surface area contributed by atoms with E-state index < -0.39 is 0 Å². The molecule has 7 nitrogen and oxygen atoms in total. The van der Waals surface area contributed by atoms with Crippen molar-refractivity contribution in [2.24, 2.45) is 7.05 Å². The number of hydrogen-bond acceptors (Lipinski definition) is 7. The number of para-hydroxylation sites is 1. The van der Waals surface area contributed by atoms with Crippen molar-refractivity contribution >= 4 is 34.1 Å². The maximum atomic E-state index is 12.4. The van der Waals surface area contributed by atoms with Crippen LogP contribution in [0, 0.1) is 6.92 Å². The van der Waals surface area contributed by atoms with Crippen molar-refractivity contribution in [1.29, 1.82) is 0 Å². The third-order valence-corrected chi connectivity index (χ3v) is 5.80. The van der Waals surface area contributed by atoms with Gasteiger partial charge in [0.1, 0.15) is 5.75 Å². The fourth-order valence-corrected chi connectivity index (χ4v) is 3.88. The Kier molecular flexibility index (Phi) is 6.12. The molecule has 27 heavy (non-hydrogen) atoms. The molecular weight excluding hydrogens is 382 g/mol. The summed E-state index contributed by atoms with van der Waals surface area (Å²) < 4.78 is 7.77. The van der Waals surface area contributed by atoms with E-state index in [2.05, 4.69) is 20.5 Å². The lowest BCUT2D eigenvalue weighted by molar-refractivity contribution is -0.115. The maximum absolute atomic E-state index is 12.4. The van der Waals surface area contributed by atoms with E-state index >= 15 is 0 Å². The summed E-state index contributed by atoms with van der Waals surface area (Å²) in [5, 5.41) is 14.1. The van der Waals surface area contributed by atoms with Gasteiger partial charge >= 0.3 is 0 Å². The highest BCUT2D eigenvalue weighted by molar-refractivity contribution is 8.00. The average molecular weight is 404 g/mol. The highest BCUT2D eigenvalue weighted by atomic mass is 32.2. The number of nitrogens with one attached hydrogen (secondary N) is 1. The second-order valence-corrected chi connectivity index (χ2v) is 8.18. The van der Waals surface area contributed by atoms with Gasteiger partial charge in [-0.05, 0) is 32.9 Å². The maximum Gasteiger partial charge on any atom is 0.239 e. The van der Waals surface area contributed by atoms with Crippen LogP contribution < -0.4 is 10.1 Å². The van der Waals surface area contributed by atoms with E-state index in [1.807, 2.05) is 68.1 Å². The molecule has 0 aliphatic rings. The molecule has 142 valence electrons. The van der Waals surface area contributed by atoms with Crippen molar-refractivity contribution < 1.29 is 9.53 Å². The molecule has 2 aromatic heterocycles. The van der Waals surface area contributed by atoms with Gasteiger partial charge in [0.05, 0.1) is 10.9 Å². The Bertz CT molecular complexity index is 910. The first-order valence-corrected chi connectivity index (χ1v) is 10.2. The minimum absolute atomic E-state index is 0.118. The molecule has 9 heteroatoms. The molecule has 1 aromatic carbocycles. The zero-order valence-electron chi connectivity index (χ0n) is 15.5. The topological polar surface area (TPSA) is 81.9 Å². The Balaban J connectivity index is 1.63. The van der Waals surface area contributed by atoms with Gasteiger partial charge in [-0.25, -0.2) is 4.98 Å². The van der Waals surface area contributed by atoms with Gasteiger partial charge in [-0.3, -0.25) is 4.79 Å². The second-order valence-electron chi connectivity index (χ2n) is 6.02. The molecule has 0 radical (unpaired) electrons. The number of thiazole rings is 1. The number of carbonyl (C=O) groups is 1. The van der Waals surface area contributed by atoms with Gasteiger partial charge in [0.2, 0.25) is 5.91 Å². The van der Waals surface area contributed by atoms with E-state index in [0.717, 1.165) is 11.4 Å². The number of benzene rings is 1. The van der Waals surface area contributed by atoms with Gasteiger partial charge in [0.15, 0.2) is 22.2 Å². The lowest BCUT2D eigenvalue weighted by Crippen LogP contribution is -2.22. The standard InChI is InChI=1S/C18H21N5O2S2/c1-11-10-26-17(19-11)20-16(24)13(3)27-18-22-21-15(23(18)4)12(2)25-14-8-6-5-7-9-14/h5-10,12-13H,1-4H3,(H,19,20,24)/t12-,13+/m1/s1. The van der Waals surface area contributed by atoms with Crippen LogP contribution in [0.4, 0.5) is 5.13 Å². The van der Waals surface area contributed by atoms with Crippen molar-refractivity contribution in [1.82, 2.24) is 19.7 Å². The van der Waals surface area contributed by atoms with Gasteiger partial charge < -0.3 is 14.6 Å². The van der Waals surface area contributed by atoms with Crippen molar-refractivity contribution in [2.45, 2.75) is 37.3 Å². The van der Waals surface area contributed by atoms with E-state index in [-0.39, 0.29) is 17.3 Å². The normalized spacial score (nSPS) is 13.2. The average Bonchev–Trinajstić information content (AvgIpc) is 3.21. The van der Waals surface area contributed by atoms with Crippen LogP contribution in [0.1, 0.15) is 31.5 Å². The Morgan fingerprint density at radius 1 is 1.26 bits per heavy atom. The monoisotopic (exact) mass is 403 g/mol. The highest BCUT2D eigenvalue weighted by Crippen LogP contribution is 2.26. The fraction of sp³-hybridized carbons (Fsp3) is 0.333. The summed E-state index contributed by atoms with van der Waals surface area (Å²) in [7, 11) is 1.87. The summed E-state index contributed by atoms with van der Waals surface area (Å²) in [6, 6.07) is 9.58. The predicted molar refractivity (Wildman–Crippen MR) is 107 cm³/mol. The smallest absolute Gasteiger partial charge is 0.239 e. The second kappa shape index (κ2) is 8.53. The number of thioether (sulfide) groups is 1. The summed E-state index contributed by atoms with van der Waals surface area (Å²) in [6.45, 7) is 5.65. The van der Waals surface area contributed by atoms with Gasteiger partial charge in [-0.1, -0.05) is 30.0 Å². The molecule has 0 spiro atoms. The molecule has 2 heterocycles. The van der Waals surface area contributed by atoms with E-state index in [9.17, 15) is 4.79 Å². The Morgan fingerprint density at radius 2 is 2.00 bits per heavy atom. The van der Waals surface area contributed by atoms with Crippen LogP contribution in [0.15, 0.2) is 40.9 Å². The highest BCUT2D eigenvalue weighted by Gasteiger charge is 2.22. The van der Waals surface area contributed by atoms with E-state index in [1.54, 1.807) is 0 Å². The van der Waals surface area contributed by atoms with Gasteiger partial charge in [-0.15, -0.1) is 21.5 Å². The predicted octanol–water partition coefficient (Wildman–Crippen LogP) is 3.84. The molecule has 0 saturated carbocycles. The van der Waals surface area contributed by atoms with E-state index in [4.69, 9.17) is 4.74 Å². The molecule has 0 saturated heterocycles. The zero-order valence-corrected chi connectivity index (χ0v) is 17.2. The third-order valence-electron chi connectivity index (χ3n) is 3.79. The number of aryl methyl sites for hydroxylation is 1. The van der Waals surface area contributed by atoms with Crippen LogP contribution in [0.25, 0.3) is 0 Å². The first-order valence-electron chi connectivity index (χ1n) is 8.44. The molecule has 1 N–H and O–H groups in total. The molecule has 1 amide bonds. The van der Waals surface area contributed by atoms with Crippen molar-refractivity contribution in [2.75, 3.05) is 5.32 Å². The zero-order chi connectivity index (χ0) is 19.4. The number of aromatic nitrogens is 4. The largest absolute Gasteiger partial charge is 0.483 e. The molecule has 0 fully saturated rings. The van der Waals surface area contributed by atoms with E-state index in [0.29, 0.717) is 16.1 Å². The molecule has 3 aromatic rings. The summed E-state index contributed by atoms with van der Waals surface area (Å²) >= 11 is 2.76. The van der Waals surface area contributed by atoms with Crippen LogP contribution in [0.3, 0.4) is 0 Å². The summed E-state index contributed by atoms with van der Waals surface area (Å²) in [4.78, 5) is 16.6. The number of carbonyl (C=O) groups excluding carboxylic acids is 1. The van der Waals surface area contributed by atoms with Gasteiger partial charge in [0, 0.05) is 12.4 Å². The number of ether oxygens (including phenoxy) is 1. The number of nitrogens with zero attached hydrogens (tertiary/aromatic N) is 4. The molecule has 0 unspecified atom stereocenters. The SMILES string of the molecule is Cc1csc(NC(=O)[C@H](C)Sc2nnc([C@@H](C)Oc3ccccc3)n2C)n1. The third kappa shape index (κ3) is 4.86. The number of rotatable bonds is 7. The molecule has 0 bridgehead atoms. The quantitative estimate of drug-likeness (QED) is 0.604. The molecular formula is C18H21N5O2S2. The minimum atomic E-state index is -0.338. The number of anilines is 1. The van der Waals surface area contributed by atoms with E-state index in [1.165, 1.54) is 23.1 Å². The molecule has 2 atom stereocenters. The number of amides is 1. The van der Waals surface area contributed by atoms with Gasteiger partial charge in [0.25, 0.3) is 0 Å². The summed E-state index contributed by atoms with van der Waals surface area (Å²) in [5.74, 6) is 1.35. The fourth-order valence-electron chi connectivity index (χ4n) is 2.37. The Hall–Kier alpha value is -2.39. The summed E-state index contributed by atoms with van der Waals surface area (Å²) in [5.41, 5.74) is 0.890. The molecule has 0 aliphatic heterocycles. The van der Waals surface area contributed by atoms with Crippen LogP contribution >= 0.6 is 23.1 Å². The molecule has 0 aliphatic carbocycles. The number of hydrogen-bond donors (Lipinski definition) is 1. The summed E-state index contributed by atoms with van der Waals surface area (Å²) in [6.07, 6.45) is -0.262. The van der Waals surface area contributed by atoms with Crippen LogP contribution in [0.2, 0.25) is 0 Å². The Labute approximate surface area is 166 Å². The van der Waals surface area contributed by atoms with Crippen LogP contribution in [-0.2, 0) is 11.8 Å².